The summed E-state index contributed by atoms with van der Waals surface area (Å²) in [5.74, 6) is -0.687. The summed E-state index contributed by atoms with van der Waals surface area (Å²) in [6, 6.07) is 19.0. The minimum absolute atomic E-state index is 0.271. The molecule has 32 heavy (non-hydrogen) atoms. The maximum atomic E-state index is 14.6. The molecule has 7 heteroatoms. The van der Waals surface area contributed by atoms with Crippen LogP contribution < -0.4 is 10.6 Å². The van der Waals surface area contributed by atoms with Crippen molar-refractivity contribution in [2.24, 2.45) is 0 Å². The van der Waals surface area contributed by atoms with Gasteiger partial charge in [-0.15, -0.1) is 0 Å². The minimum Gasteiger partial charge on any atom is -0.358 e. The Morgan fingerprint density at radius 1 is 0.906 bits per heavy atom. The van der Waals surface area contributed by atoms with Gasteiger partial charge >= 0.3 is 6.18 Å². The van der Waals surface area contributed by atoms with Gasteiger partial charge in [0.25, 0.3) is 0 Å². The fourth-order valence-corrected chi connectivity index (χ4v) is 3.57. The van der Waals surface area contributed by atoms with Gasteiger partial charge in [0.05, 0.1) is 5.56 Å². The SMILES string of the molecule is CNC(=O)[C@H](N[C@H](CCc1ccc(C(F)(F)F)cc1)c1ccccc1F)c1ccccc1. The first-order valence-corrected chi connectivity index (χ1v) is 10.2. The third-order valence-electron chi connectivity index (χ3n) is 5.29. The predicted molar refractivity (Wildman–Crippen MR) is 115 cm³/mol. The molecule has 0 aliphatic heterocycles. The summed E-state index contributed by atoms with van der Waals surface area (Å²) >= 11 is 0. The van der Waals surface area contributed by atoms with Crippen molar-refractivity contribution < 1.29 is 22.4 Å². The number of likely N-dealkylation sites (N-methyl/N-ethyl adjacent to an activating group) is 1. The molecule has 0 radical (unpaired) electrons. The summed E-state index contributed by atoms with van der Waals surface area (Å²) in [6.45, 7) is 0. The second-order valence-corrected chi connectivity index (χ2v) is 7.43. The maximum Gasteiger partial charge on any atom is 0.416 e. The molecule has 0 unspecified atom stereocenters. The van der Waals surface area contributed by atoms with Gasteiger partial charge in [-0.2, -0.15) is 13.2 Å². The molecule has 0 saturated heterocycles. The Balaban J connectivity index is 1.85. The van der Waals surface area contributed by atoms with Crippen LogP contribution in [-0.2, 0) is 17.4 Å². The summed E-state index contributed by atoms with van der Waals surface area (Å²) in [5, 5.41) is 5.88. The molecule has 2 atom stereocenters. The zero-order chi connectivity index (χ0) is 23.1. The number of amides is 1. The van der Waals surface area contributed by atoms with Crippen molar-refractivity contribution in [1.29, 1.82) is 0 Å². The molecule has 0 spiro atoms. The lowest BCUT2D eigenvalue weighted by Gasteiger charge is -2.26. The fourth-order valence-electron chi connectivity index (χ4n) is 3.57. The van der Waals surface area contributed by atoms with Crippen molar-refractivity contribution in [1.82, 2.24) is 10.6 Å². The molecule has 3 aromatic carbocycles. The molecule has 2 N–H and O–H groups in total. The van der Waals surface area contributed by atoms with E-state index in [0.29, 0.717) is 24.0 Å². The standard InChI is InChI=1S/C25H24F4N2O/c1-30-24(32)23(18-7-3-2-4-8-18)31-22(20-9-5-6-10-21(20)26)16-13-17-11-14-19(15-12-17)25(27,28)29/h2-12,14-15,22-23,31H,13,16H2,1H3,(H,30,32)/t22-,23-/m1/s1. The van der Waals surface area contributed by atoms with Crippen LogP contribution in [0.15, 0.2) is 78.9 Å². The zero-order valence-electron chi connectivity index (χ0n) is 17.5. The Morgan fingerprint density at radius 2 is 1.53 bits per heavy atom. The lowest BCUT2D eigenvalue weighted by atomic mass is 9.95. The monoisotopic (exact) mass is 444 g/mol. The van der Waals surface area contributed by atoms with E-state index in [4.69, 9.17) is 0 Å². The van der Waals surface area contributed by atoms with E-state index in [1.807, 2.05) is 18.2 Å². The largest absolute Gasteiger partial charge is 0.416 e. The van der Waals surface area contributed by atoms with Crippen molar-refractivity contribution in [3.63, 3.8) is 0 Å². The Kier molecular flexibility index (Phi) is 7.64. The highest BCUT2D eigenvalue weighted by molar-refractivity contribution is 5.83. The topological polar surface area (TPSA) is 41.1 Å². The van der Waals surface area contributed by atoms with Crippen LogP contribution in [0.5, 0.6) is 0 Å². The van der Waals surface area contributed by atoms with Crippen molar-refractivity contribution in [3.05, 3.63) is 107 Å². The molecule has 3 nitrogen and oxygen atoms in total. The van der Waals surface area contributed by atoms with Crippen LogP contribution in [0.1, 0.15) is 40.8 Å². The number of rotatable bonds is 8. The van der Waals surface area contributed by atoms with Gasteiger partial charge in [-0.25, -0.2) is 4.39 Å². The van der Waals surface area contributed by atoms with Crippen LogP contribution in [0, 0.1) is 5.82 Å². The summed E-state index contributed by atoms with van der Waals surface area (Å²) < 4.78 is 53.1. The maximum absolute atomic E-state index is 14.6. The summed E-state index contributed by atoms with van der Waals surface area (Å²) in [7, 11) is 1.53. The third kappa shape index (κ3) is 5.95. The van der Waals surface area contributed by atoms with E-state index >= 15 is 0 Å². The third-order valence-corrected chi connectivity index (χ3v) is 5.29. The Bertz CT molecular complexity index is 1020. The van der Waals surface area contributed by atoms with E-state index < -0.39 is 29.6 Å². The van der Waals surface area contributed by atoms with Crippen LogP contribution in [-0.4, -0.2) is 13.0 Å². The van der Waals surface area contributed by atoms with Crippen LogP contribution >= 0.6 is 0 Å². The Morgan fingerprint density at radius 3 is 2.12 bits per heavy atom. The van der Waals surface area contributed by atoms with Gasteiger partial charge in [0.2, 0.25) is 5.91 Å². The molecule has 3 rings (SSSR count). The van der Waals surface area contributed by atoms with Crippen LogP contribution in [0.25, 0.3) is 0 Å². The fraction of sp³-hybridized carbons (Fsp3) is 0.240. The number of benzene rings is 3. The summed E-state index contributed by atoms with van der Waals surface area (Å²) in [6.07, 6.45) is -3.61. The van der Waals surface area contributed by atoms with E-state index in [-0.39, 0.29) is 5.91 Å². The predicted octanol–water partition coefficient (Wildman–Crippen LogP) is 5.60. The molecule has 168 valence electrons. The number of nitrogens with one attached hydrogen (secondary N) is 2. The molecular weight excluding hydrogens is 420 g/mol. The number of carbonyl (C=O) groups is 1. The number of alkyl halides is 3. The highest BCUT2D eigenvalue weighted by Gasteiger charge is 2.30. The second-order valence-electron chi connectivity index (χ2n) is 7.43. The normalized spacial score (nSPS) is 13.4. The molecule has 0 bridgehead atoms. The first kappa shape index (κ1) is 23.5. The molecule has 1 amide bonds. The van der Waals surface area contributed by atoms with Gasteiger partial charge < -0.3 is 5.32 Å². The molecule has 0 fully saturated rings. The Hall–Kier alpha value is -3.19. The lowest BCUT2D eigenvalue weighted by Crippen LogP contribution is -2.38. The van der Waals surface area contributed by atoms with Crippen molar-refractivity contribution in [3.8, 4) is 0 Å². The number of hydrogen-bond acceptors (Lipinski definition) is 2. The van der Waals surface area contributed by atoms with Crippen molar-refractivity contribution >= 4 is 5.91 Å². The van der Waals surface area contributed by atoms with E-state index in [0.717, 1.165) is 17.7 Å². The molecule has 0 aromatic heterocycles. The van der Waals surface area contributed by atoms with Gasteiger partial charge in [0.1, 0.15) is 11.9 Å². The first-order valence-electron chi connectivity index (χ1n) is 10.2. The van der Waals surface area contributed by atoms with Crippen molar-refractivity contribution in [2.75, 3.05) is 7.05 Å². The van der Waals surface area contributed by atoms with Gasteiger partial charge in [0.15, 0.2) is 0 Å². The summed E-state index contributed by atoms with van der Waals surface area (Å²) in [4.78, 5) is 12.6. The molecule has 0 saturated carbocycles. The minimum atomic E-state index is -4.40. The highest BCUT2D eigenvalue weighted by Crippen LogP contribution is 2.30. The van der Waals surface area contributed by atoms with Crippen LogP contribution in [0.3, 0.4) is 0 Å². The number of aryl methyl sites for hydroxylation is 1. The molecule has 0 heterocycles. The zero-order valence-corrected chi connectivity index (χ0v) is 17.5. The second kappa shape index (κ2) is 10.4. The van der Waals surface area contributed by atoms with Gasteiger partial charge in [-0.3, -0.25) is 10.1 Å². The molecule has 3 aromatic rings. The quantitative estimate of drug-likeness (QED) is 0.445. The molecular formula is C25H24F4N2O. The van der Waals surface area contributed by atoms with Crippen LogP contribution in [0.4, 0.5) is 17.6 Å². The average Bonchev–Trinajstić information content (AvgIpc) is 2.79. The first-order chi connectivity index (χ1) is 15.3. The smallest absolute Gasteiger partial charge is 0.358 e. The molecule has 0 aliphatic carbocycles. The lowest BCUT2D eigenvalue weighted by molar-refractivity contribution is -0.137. The van der Waals surface area contributed by atoms with E-state index in [2.05, 4.69) is 10.6 Å². The Labute approximate surface area is 184 Å². The average molecular weight is 444 g/mol. The van der Waals surface area contributed by atoms with Gasteiger partial charge in [-0.1, -0.05) is 60.7 Å². The van der Waals surface area contributed by atoms with Crippen molar-refractivity contribution in [2.45, 2.75) is 31.1 Å². The summed E-state index contributed by atoms with van der Waals surface area (Å²) in [5.41, 5.74) is 1.10. The van der Waals surface area contributed by atoms with E-state index in [1.54, 1.807) is 30.3 Å². The highest BCUT2D eigenvalue weighted by atomic mass is 19.4. The number of hydrogen-bond donors (Lipinski definition) is 2. The van der Waals surface area contributed by atoms with Gasteiger partial charge in [0, 0.05) is 18.7 Å². The number of halogens is 4. The van der Waals surface area contributed by atoms with E-state index in [9.17, 15) is 22.4 Å². The van der Waals surface area contributed by atoms with Gasteiger partial charge in [-0.05, 0) is 42.2 Å². The van der Waals surface area contributed by atoms with Crippen LogP contribution in [0.2, 0.25) is 0 Å². The molecule has 0 aliphatic rings. The number of carbonyl (C=O) groups excluding carboxylic acids is 1. The van der Waals surface area contributed by atoms with E-state index in [1.165, 1.54) is 25.2 Å².